The smallest absolute Gasteiger partial charge is 0.340 e. The lowest BCUT2D eigenvalue weighted by atomic mass is 10.2. The normalized spacial score (nSPS) is 12.7. The van der Waals surface area contributed by atoms with Gasteiger partial charge in [0.1, 0.15) is 5.75 Å². The Morgan fingerprint density at radius 3 is 2.37 bits per heavy atom. The van der Waals surface area contributed by atoms with Crippen LogP contribution in [-0.2, 0) is 20.3 Å². The van der Waals surface area contributed by atoms with Gasteiger partial charge in [0.15, 0.2) is 6.10 Å². The van der Waals surface area contributed by atoms with E-state index in [0.29, 0.717) is 28.7 Å². The Balaban J connectivity index is 2.02. The van der Waals surface area contributed by atoms with Crippen LogP contribution in [0.2, 0.25) is 0 Å². The van der Waals surface area contributed by atoms with Crippen LogP contribution in [0.3, 0.4) is 0 Å². The third-order valence-electron chi connectivity index (χ3n) is 3.70. The van der Waals surface area contributed by atoms with Crippen molar-refractivity contribution in [3.8, 4) is 5.75 Å². The summed E-state index contributed by atoms with van der Waals surface area (Å²) in [6.07, 6.45) is -1.01. The molecule has 0 spiro atoms. The van der Waals surface area contributed by atoms with E-state index in [-0.39, 0.29) is 5.56 Å². The molecular formula is C20H23NO5S. The van der Waals surface area contributed by atoms with E-state index in [2.05, 4.69) is 5.32 Å². The number of esters is 1. The Bertz CT molecular complexity index is 819. The third-order valence-corrected chi connectivity index (χ3v) is 5.07. The van der Waals surface area contributed by atoms with Gasteiger partial charge in [0.2, 0.25) is 0 Å². The summed E-state index contributed by atoms with van der Waals surface area (Å²) < 4.78 is 22.7. The molecule has 0 bridgehead atoms. The van der Waals surface area contributed by atoms with Crippen LogP contribution in [0.4, 0.5) is 5.69 Å². The highest BCUT2D eigenvalue weighted by molar-refractivity contribution is 7.85. The number of hydrogen-bond donors (Lipinski definition) is 1. The molecule has 0 aliphatic rings. The van der Waals surface area contributed by atoms with Crippen molar-refractivity contribution in [2.24, 2.45) is 0 Å². The average molecular weight is 389 g/mol. The number of benzene rings is 2. The van der Waals surface area contributed by atoms with Crippen LogP contribution in [0.1, 0.15) is 31.1 Å². The first kappa shape index (κ1) is 20.6. The second kappa shape index (κ2) is 9.87. The largest absolute Gasteiger partial charge is 0.494 e. The van der Waals surface area contributed by atoms with Crippen molar-refractivity contribution in [1.82, 2.24) is 0 Å². The lowest BCUT2D eigenvalue weighted by Crippen LogP contribution is -2.30. The summed E-state index contributed by atoms with van der Waals surface area (Å²) in [6.45, 7) is 5.70. The molecule has 0 aliphatic carbocycles. The quantitative estimate of drug-likeness (QED) is 0.700. The topological polar surface area (TPSA) is 81.7 Å². The van der Waals surface area contributed by atoms with Gasteiger partial charge in [0.25, 0.3) is 5.91 Å². The molecule has 0 saturated heterocycles. The van der Waals surface area contributed by atoms with E-state index in [4.69, 9.17) is 9.47 Å². The number of nitrogens with one attached hydrogen (secondary N) is 1. The predicted molar refractivity (Wildman–Crippen MR) is 105 cm³/mol. The number of rotatable bonds is 8. The van der Waals surface area contributed by atoms with Gasteiger partial charge in [-0.3, -0.25) is 9.00 Å². The molecule has 1 amide bonds. The first-order valence-corrected chi connectivity index (χ1v) is 10.00. The third kappa shape index (κ3) is 5.65. The molecule has 6 nitrogen and oxygen atoms in total. The average Bonchev–Trinajstić information content (AvgIpc) is 2.68. The molecule has 2 rings (SSSR count). The van der Waals surface area contributed by atoms with Crippen LogP contribution < -0.4 is 10.1 Å². The maximum absolute atomic E-state index is 12.4. The van der Waals surface area contributed by atoms with E-state index >= 15 is 0 Å². The standard InChI is InChI=1S/C20H23NO5S/c1-4-25-16-12-10-15(11-13-16)21-19(22)14(3)26-20(23)17-8-6-7-9-18(17)27(24)5-2/h6-14H,4-5H2,1-3H3,(H,21,22)/t14-,27+/m0/s1. The van der Waals surface area contributed by atoms with Crippen molar-refractivity contribution in [3.63, 3.8) is 0 Å². The fraction of sp³-hybridized carbons (Fsp3) is 0.300. The highest BCUT2D eigenvalue weighted by Crippen LogP contribution is 2.18. The van der Waals surface area contributed by atoms with Crippen molar-refractivity contribution in [3.05, 3.63) is 54.1 Å². The molecular weight excluding hydrogens is 366 g/mol. The van der Waals surface area contributed by atoms with Crippen molar-refractivity contribution in [1.29, 1.82) is 0 Å². The Morgan fingerprint density at radius 2 is 1.74 bits per heavy atom. The van der Waals surface area contributed by atoms with Gasteiger partial charge in [0.05, 0.1) is 27.9 Å². The van der Waals surface area contributed by atoms with Crippen LogP contribution in [-0.4, -0.2) is 34.5 Å². The summed E-state index contributed by atoms with van der Waals surface area (Å²) in [5, 5.41) is 2.68. The summed E-state index contributed by atoms with van der Waals surface area (Å²) in [5.41, 5.74) is 0.775. The lowest BCUT2D eigenvalue weighted by molar-refractivity contribution is -0.123. The van der Waals surface area contributed by atoms with Gasteiger partial charge in [-0.15, -0.1) is 0 Å². The zero-order chi connectivity index (χ0) is 19.8. The molecule has 0 heterocycles. The molecule has 2 aromatic carbocycles. The van der Waals surface area contributed by atoms with Gasteiger partial charge in [-0.05, 0) is 50.2 Å². The van der Waals surface area contributed by atoms with Crippen LogP contribution >= 0.6 is 0 Å². The van der Waals surface area contributed by atoms with Crippen molar-refractivity contribution in [2.75, 3.05) is 17.7 Å². The molecule has 1 N–H and O–H groups in total. The van der Waals surface area contributed by atoms with Crippen molar-refractivity contribution < 1.29 is 23.3 Å². The first-order valence-electron chi connectivity index (χ1n) is 8.68. The highest BCUT2D eigenvalue weighted by atomic mass is 32.2. The number of amides is 1. The Morgan fingerprint density at radius 1 is 1.07 bits per heavy atom. The van der Waals surface area contributed by atoms with E-state index in [9.17, 15) is 13.8 Å². The molecule has 0 radical (unpaired) electrons. The second-order valence-electron chi connectivity index (χ2n) is 5.62. The maximum Gasteiger partial charge on any atom is 0.340 e. The zero-order valence-electron chi connectivity index (χ0n) is 15.6. The van der Waals surface area contributed by atoms with Gasteiger partial charge in [-0.2, -0.15) is 0 Å². The molecule has 27 heavy (non-hydrogen) atoms. The van der Waals surface area contributed by atoms with Crippen molar-refractivity contribution in [2.45, 2.75) is 31.8 Å². The van der Waals surface area contributed by atoms with Gasteiger partial charge in [-0.1, -0.05) is 19.1 Å². The summed E-state index contributed by atoms with van der Waals surface area (Å²) >= 11 is 0. The Hall–Kier alpha value is -2.67. The molecule has 144 valence electrons. The van der Waals surface area contributed by atoms with Crippen LogP contribution in [0, 0.1) is 0 Å². The van der Waals surface area contributed by atoms with Crippen LogP contribution in [0.25, 0.3) is 0 Å². The predicted octanol–water partition coefficient (Wildman–Crippen LogP) is 3.40. The number of carbonyl (C=O) groups excluding carboxylic acids is 2. The molecule has 2 atom stereocenters. The first-order chi connectivity index (χ1) is 13.0. The maximum atomic E-state index is 12.4. The van der Waals surface area contributed by atoms with Gasteiger partial charge in [0, 0.05) is 11.4 Å². The molecule has 2 aromatic rings. The zero-order valence-corrected chi connectivity index (χ0v) is 16.4. The summed E-state index contributed by atoms with van der Waals surface area (Å²) in [5.74, 6) is -0.0446. The van der Waals surface area contributed by atoms with Crippen LogP contribution in [0.15, 0.2) is 53.4 Å². The molecule has 7 heteroatoms. The van der Waals surface area contributed by atoms with E-state index in [1.54, 1.807) is 55.5 Å². The summed E-state index contributed by atoms with van der Waals surface area (Å²) in [4.78, 5) is 25.1. The van der Waals surface area contributed by atoms with Gasteiger partial charge in [-0.25, -0.2) is 4.79 Å². The second-order valence-corrected chi connectivity index (χ2v) is 7.33. The molecule has 0 fully saturated rings. The monoisotopic (exact) mass is 389 g/mol. The van der Waals surface area contributed by atoms with Gasteiger partial charge < -0.3 is 14.8 Å². The fourth-order valence-electron chi connectivity index (χ4n) is 2.31. The Labute approximate surface area is 161 Å². The summed E-state index contributed by atoms with van der Waals surface area (Å²) in [7, 11) is -1.30. The summed E-state index contributed by atoms with van der Waals surface area (Å²) in [6, 6.07) is 13.4. The minimum Gasteiger partial charge on any atom is -0.494 e. The number of carbonyl (C=O) groups is 2. The molecule has 0 aromatic heterocycles. The minimum absolute atomic E-state index is 0.207. The van der Waals surface area contributed by atoms with E-state index in [0.717, 1.165) is 0 Å². The fourth-order valence-corrected chi connectivity index (χ4v) is 3.25. The number of anilines is 1. The molecule has 0 saturated carbocycles. The Kier molecular flexibility index (Phi) is 7.55. The van der Waals surface area contributed by atoms with Gasteiger partial charge >= 0.3 is 5.97 Å². The van der Waals surface area contributed by atoms with E-state index in [1.807, 2.05) is 6.92 Å². The van der Waals surface area contributed by atoms with E-state index < -0.39 is 28.8 Å². The highest BCUT2D eigenvalue weighted by Gasteiger charge is 2.22. The lowest BCUT2D eigenvalue weighted by Gasteiger charge is -2.15. The van der Waals surface area contributed by atoms with Crippen molar-refractivity contribution >= 4 is 28.4 Å². The molecule has 0 unspecified atom stereocenters. The minimum atomic E-state index is -1.30. The van der Waals surface area contributed by atoms with Crippen LogP contribution in [0.5, 0.6) is 5.75 Å². The number of ether oxygens (including phenoxy) is 2. The SMILES string of the molecule is CCOc1ccc(NC(=O)[C@H](C)OC(=O)c2ccccc2[S@](=O)CC)cc1. The van der Waals surface area contributed by atoms with E-state index in [1.165, 1.54) is 6.92 Å². The molecule has 0 aliphatic heterocycles. The number of hydrogen-bond acceptors (Lipinski definition) is 5.